The minimum atomic E-state index is -0.188. The Hall–Kier alpha value is -3.98. The average molecular weight is 464 g/mol. The van der Waals surface area contributed by atoms with E-state index in [4.69, 9.17) is 13.9 Å². The molecule has 0 bridgehead atoms. The zero-order valence-corrected chi connectivity index (χ0v) is 18.8. The zero-order valence-electron chi connectivity index (χ0n) is 18.0. The van der Waals surface area contributed by atoms with Gasteiger partial charge in [-0.05, 0) is 71.4 Å². The molecule has 0 unspecified atom stereocenters. The Morgan fingerprint density at radius 2 is 1.88 bits per heavy atom. The number of carbonyl (C=O) groups is 1. The van der Waals surface area contributed by atoms with E-state index in [-0.39, 0.29) is 18.2 Å². The molecule has 1 saturated heterocycles. The van der Waals surface area contributed by atoms with Crippen LogP contribution >= 0.6 is 11.8 Å². The maximum Gasteiger partial charge on any atom is 0.267 e. The predicted octanol–water partition coefficient (Wildman–Crippen LogP) is 4.51. The summed E-state index contributed by atoms with van der Waals surface area (Å²) < 4.78 is 15.7. The molecular formula is C24H21N3O5S. The second-order valence-electron chi connectivity index (χ2n) is 6.91. The van der Waals surface area contributed by atoms with Gasteiger partial charge in [-0.15, -0.1) is 5.10 Å². The summed E-state index contributed by atoms with van der Waals surface area (Å²) in [6.07, 6.45) is 4.89. The first-order chi connectivity index (χ1) is 16.1. The van der Waals surface area contributed by atoms with Crippen LogP contribution in [0.15, 0.2) is 80.4 Å². The summed E-state index contributed by atoms with van der Waals surface area (Å²) in [6.45, 7) is 0.236. The molecule has 1 aliphatic rings. The molecule has 33 heavy (non-hydrogen) atoms. The van der Waals surface area contributed by atoms with Crippen LogP contribution in [0.2, 0.25) is 0 Å². The second-order valence-corrected chi connectivity index (χ2v) is 7.92. The van der Waals surface area contributed by atoms with E-state index in [1.807, 2.05) is 24.3 Å². The van der Waals surface area contributed by atoms with Crippen LogP contribution in [0.25, 0.3) is 6.08 Å². The molecule has 0 radical (unpaired) electrons. The van der Waals surface area contributed by atoms with Crippen molar-refractivity contribution >= 4 is 35.1 Å². The number of thioether (sulfide) groups is 1. The maximum absolute atomic E-state index is 13.1. The summed E-state index contributed by atoms with van der Waals surface area (Å²) in [4.78, 5) is 15.2. The average Bonchev–Trinajstić information content (AvgIpc) is 3.45. The first kappa shape index (κ1) is 22.2. The van der Waals surface area contributed by atoms with Crippen molar-refractivity contribution in [3.05, 3.63) is 82.7 Å². The number of furan rings is 1. The summed E-state index contributed by atoms with van der Waals surface area (Å²) in [5.74, 6) is 1.56. The van der Waals surface area contributed by atoms with Gasteiger partial charge in [-0.1, -0.05) is 12.1 Å². The number of carbonyl (C=O) groups excluding carboxylic acids is 1. The first-order valence-electron chi connectivity index (χ1n) is 9.93. The van der Waals surface area contributed by atoms with Gasteiger partial charge >= 0.3 is 0 Å². The first-order valence-corrected chi connectivity index (χ1v) is 10.7. The van der Waals surface area contributed by atoms with Crippen LogP contribution in [0.5, 0.6) is 17.2 Å². The molecule has 3 aromatic rings. The highest BCUT2D eigenvalue weighted by atomic mass is 32.2. The van der Waals surface area contributed by atoms with Gasteiger partial charge in [0.25, 0.3) is 5.91 Å². The Kier molecular flexibility index (Phi) is 6.80. The van der Waals surface area contributed by atoms with Gasteiger partial charge in [0.05, 0.1) is 38.1 Å². The van der Waals surface area contributed by atoms with Crippen LogP contribution in [0.3, 0.4) is 0 Å². The number of hydrogen-bond donors (Lipinski definition) is 1. The molecule has 1 aromatic heterocycles. The van der Waals surface area contributed by atoms with Crippen molar-refractivity contribution < 1.29 is 23.8 Å². The highest BCUT2D eigenvalue weighted by Gasteiger charge is 2.34. The number of benzene rings is 2. The van der Waals surface area contributed by atoms with Crippen molar-refractivity contribution in [2.24, 2.45) is 10.2 Å². The number of methoxy groups -OCH3 is 2. The van der Waals surface area contributed by atoms with Crippen molar-refractivity contribution in [3.63, 3.8) is 0 Å². The third-order valence-corrected chi connectivity index (χ3v) is 5.75. The zero-order chi connectivity index (χ0) is 23.2. The van der Waals surface area contributed by atoms with Gasteiger partial charge in [0, 0.05) is 0 Å². The number of phenols is 1. The molecule has 0 spiro atoms. The molecule has 1 N–H and O–H groups in total. The molecule has 8 nitrogen and oxygen atoms in total. The van der Waals surface area contributed by atoms with Gasteiger partial charge in [-0.3, -0.25) is 9.69 Å². The smallest absolute Gasteiger partial charge is 0.267 e. The Balaban J connectivity index is 1.60. The topological polar surface area (TPSA) is 96.9 Å². The minimum Gasteiger partial charge on any atom is -0.504 e. The van der Waals surface area contributed by atoms with Crippen LogP contribution in [-0.2, 0) is 11.3 Å². The molecule has 2 heterocycles. The maximum atomic E-state index is 13.1. The van der Waals surface area contributed by atoms with Crippen LogP contribution in [0.1, 0.15) is 16.9 Å². The molecule has 1 fully saturated rings. The lowest BCUT2D eigenvalue weighted by Crippen LogP contribution is -2.28. The van der Waals surface area contributed by atoms with Crippen molar-refractivity contribution in [1.82, 2.24) is 4.90 Å². The highest BCUT2D eigenvalue weighted by Crippen LogP contribution is 2.34. The standard InChI is InChI=1S/C24H21N3O5S/c1-30-18-8-5-16(6-9-18)13-22-23(29)27(15-19-4-3-11-32-19)24(33-22)26-25-14-17-7-10-20(28)21(12-17)31-2/h3-14,28H,15H2,1-2H3/b22-13-,25-14-,26-24+. The van der Waals surface area contributed by atoms with Crippen LogP contribution in [0, 0.1) is 0 Å². The second kappa shape index (κ2) is 10.1. The summed E-state index contributed by atoms with van der Waals surface area (Å²) in [6, 6.07) is 15.8. The molecular weight excluding hydrogens is 442 g/mol. The van der Waals surface area contributed by atoms with Gasteiger partial charge in [0.15, 0.2) is 16.7 Å². The van der Waals surface area contributed by atoms with Gasteiger partial charge in [0.1, 0.15) is 11.5 Å². The number of amidine groups is 1. The molecule has 1 aliphatic heterocycles. The lowest BCUT2D eigenvalue weighted by molar-refractivity contribution is -0.122. The minimum absolute atomic E-state index is 0.0378. The Morgan fingerprint density at radius 3 is 2.58 bits per heavy atom. The van der Waals surface area contributed by atoms with E-state index in [0.29, 0.717) is 27.1 Å². The summed E-state index contributed by atoms with van der Waals surface area (Å²) >= 11 is 1.23. The van der Waals surface area contributed by atoms with E-state index >= 15 is 0 Å². The van der Waals surface area contributed by atoms with E-state index in [1.54, 1.807) is 43.7 Å². The predicted molar refractivity (Wildman–Crippen MR) is 128 cm³/mol. The largest absolute Gasteiger partial charge is 0.504 e. The van der Waals surface area contributed by atoms with Crippen molar-refractivity contribution in [2.45, 2.75) is 6.54 Å². The SMILES string of the molecule is COc1ccc(/C=C2\S/C(=N/N=C\c3ccc(O)c(OC)c3)N(Cc3ccco3)C2=O)cc1. The quantitative estimate of drug-likeness (QED) is 0.315. The van der Waals surface area contributed by atoms with Crippen LogP contribution in [-0.4, -0.2) is 41.5 Å². The van der Waals surface area contributed by atoms with E-state index < -0.39 is 0 Å². The number of phenolic OH excluding ortho intramolecular Hbond substituents is 1. The Bertz CT molecular complexity index is 1220. The molecule has 0 aliphatic carbocycles. The lowest BCUT2D eigenvalue weighted by atomic mass is 10.2. The van der Waals surface area contributed by atoms with E-state index in [9.17, 15) is 9.90 Å². The fourth-order valence-corrected chi connectivity index (χ4v) is 3.99. The number of aromatic hydroxyl groups is 1. The van der Waals surface area contributed by atoms with Crippen molar-refractivity contribution in [3.8, 4) is 17.2 Å². The normalized spacial score (nSPS) is 16.3. The molecule has 168 valence electrons. The third kappa shape index (κ3) is 5.27. The molecule has 0 atom stereocenters. The lowest BCUT2D eigenvalue weighted by Gasteiger charge is -2.12. The Morgan fingerprint density at radius 1 is 1.09 bits per heavy atom. The summed E-state index contributed by atoms with van der Waals surface area (Å²) in [5, 5.41) is 18.6. The molecule has 0 saturated carbocycles. The fourth-order valence-electron chi connectivity index (χ4n) is 3.05. The number of rotatable bonds is 7. The van der Waals surface area contributed by atoms with Gasteiger partial charge in [-0.2, -0.15) is 5.10 Å². The summed E-state index contributed by atoms with van der Waals surface area (Å²) in [7, 11) is 3.08. The highest BCUT2D eigenvalue weighted by molar-refractivity contribution is 8.18. The van der Waals surface area contributed by atoms with Gasteiger partial charge < -0.3 is 19.0 Å². The van der Waals surface area contributed by atoms with Crippen molar-refractivity contribution in [2.75, 3.05) is 14.2 Å². The Labute approximate surface area is 194 Å². The fraction of sp³-hybridized carbons (Fsp3) is 0.125. The summed E-state index contributed by atoms with van der Waals surface area (Å²) in [5.41, 5.74) is 1.56. The molecule has 2 aromatic carbocycles. The molecule has 1 amide bonds. The van der Waals surface area contributed by atoms with E-state index in [2.05, 4.69) is 10.2 Å². The van der Waals surface area contributed by atoms with Gasteiger partial charge in [-0.25, -0.2) is 0 Å². The number of hydrogen-bond acceptors (Lipinski definition) is 8. The third-order valence-electron chi connectivity index (χ3n) is 4.75. The van der Waals surface area contributed by atoms with Crippen molar-refractivity contribution in [1.29, 1.82) is 0 Å². The van der Waals surface area contributed by atoms with Crippen LogP contribution in [0.4, 0.5) is 0 Å². The molecule has 9 heteroatoms. The number of nitrogens with zero attached hydrogens (tertiary/aromatic N) is 3. The van der Waals surface area contributed by atoms with E-state index in [1.165, 1.54) is 36.1 Å². The molecule has 4 rings (SSSR count). The number of ether oxygens (including phenoxy) is 2. The van der Waals surface area contributed by atoms with E-state index in [0.717, 1.165) is 11.3 Å². The van der Waals surface area contributed by atoms with Gasteiger partial charge in [0.2, 0.25) is 0 Å². The number of amides is 1. The monoisotopic (exact) mass is 463 g/mol. The van der Waals surface area contributed by atoms with Crippen LogP contribution < -0.4 is 9.47 Å².